The predicted molar refractivity (Wildman–Crippen MR) is 118 cm³/mol. The van der Waals surface area contributed by atoms with Crippen molar-refractivity contribution in [2.75, 3.05) is 11.4 Å². The van der Waals surface area contributed by atoms with Gasteiger partial charge in [0, 0.05) is 18.8 Å². The molecule has 32 heavy (non-hydrogen) atoms. The molecule has 3 rings (SSSR count). The molecule has 0 spiro atoms. The number of nitrogens with zero attached hydrogens (tertiary/aromatic N) is 2. The zero-order valence-corrected chi connectivity index (χ0v) is 18.0. The van der Waals surface area contributed by atoms with Crippen LogP contribution in [0.5, 0.6) is 0 Å². The van der Waals surface area contributed by atoms with Crippen LogP contribution < -0.4 is 15.5 Å². The fourth-order valence-corrected chi connectivity index (χ4v) is 3.57. The maximum absolute atomic E-state index is 14.1. The van der Waals surface area contributed by atoms with Gasteiger partial charge in [-0.15, -0.1) is 11.3 Å². The van der Waals surface area contributed by atoms with Gasteiger partial charge in [-0.2, -0.15) is 0 Å². The number of carbonyl (C=O) groups is 3. The Hall–Kier alpha value is -3.79. The van der Waals surface area contributed by atoms with Crippen molar-refractivity contribution in [1.29, 1.82) is 0 Å². The van der Waals surface area contributed by atoms with E-state index in [-0.39, 0.29) is 24.0 Å². The Morgan fingerprint density at radius 3 is 2.50 bits per heavy atom. The van der Waals surface area contributed by atoms with Gasteiger partial charge in [-0.05, 0) is 17.7 Å². The number of anilines is 2. The number of halogens is 1. The summed E-state index contributed by atoms with van der Waals surface area (Å²) in [6.45, 7) is 1.18. The van der Waals surface area contributed by atoms with Crippen LogP contribution in [0.25, 0.3) is 0 Å². The summed E-state index contributed by atoms with van der Waals surface area (Å²) in [5, 5.41) is 6.92. The Bertz CT molecular complexity index is 1090. The molecule has 0 aliphatic carbocycles. The van der Waals surface area contributed by atoms with Gasteiger partial charge in [0.05, 0.1) is 11.4 Å². The second-order valence-corrected chi connectivity index (χ2v) is 7.45. The fourth-order valence-electron chi connectivity index (χ4n) is 2.70. The number of ether oxygens (including phenoxy) is 1. The molecule has 1 aromatic heterocycles. The molecule has 2 aromatic carbocycles. The van der Waals surface area contributed by atoms with E-state index >= 15 is 0 Å². The normalized spacial score (nSPS) is 10.3. The minimum Gasteiger partial charge on any atom is -0.458 e. The minimum absolute atomic E-state index is 0.0867. The third-order valence-electron chi connectivity index (χ3n) is 4.21. The highest BCUT2D eigenvalue weighted by Gasteiger charge is 2.21. The number of hydrogen-bond donors (Lipinski definition) is 2. The maximum Gasteiger partial charge on any atom is 0.325 e. The van der Waals surface area contributed by atoms with Crippen LogP contribution in [0.2, 0.25) is 0 Å². The molecule has 8 nitrogen and oxygen atoms in total. The van der Waals surface area contributed by atoms with Gasteiger partial charge in [0.2, 0.25) is 5.91 Å². The lowest BCUT2D eigenvalue weighted by atomic mass is 10.2. The van der Waals surface area contributed by atoms with E-state index in [1.807, 2.05) is 30.3 Å². The van der Waals surface area contributed by atoms with E-state index in [0.29, 0.717) is 12.2 Å². The van der Waals surface area contributed by atoms with E-state index < -0.39 is 23.7 Å². The van der Waals surface area contributed by atoms with Crippen molar-refractivity contribution in [3.8, 4) is 0 Å². The molecule has 3 amide bonds. The van der Waals surface area contributed by atoms with Crippen LogP contribution in [0.1, 0.15) is 18.2 Å². The highest BCUT2D eigenvalue weighted by Crippen LogP contribution is 2.30. The van der Waals surface area contributed by atoms with Gasteiger partial charge in [0.15, 0.2) is 5.13 Å². The summed E-state index contributed by atoms with van der Waals surface area (Å²) < 4.78 is 19.2. The molecule has 0 radical (unpaired) electrons. The molecule has 2 N–H and O–H groups in total. The molecule has 0 fully saturated rings. The maximum atomic E-state index is 14.1. The van der Waals surface area contributed by atoms with Crippen LogP contribution in [0, 0.1) is 5.82 Å². The summed E-state index contributed by atoms with van der Waals surface area (Å²) in [5.41, 5.74) is 1.41. The number of carbonyl (C=O) groups excluding carboxylic acids is 3. The minimum atomic E-state index is -0.646. The molecule has 0 aliphatic rings. The molecule has 0 atom stereocenters. The molecule has 0 aliphatic heterocycles. The summed E-state index contributed by atoms with van der Waals surface area (Å²) in [6, 6.07) is 14.7. The number of urea groups is 1. The summed E-state index contributed by atoms with van der Waals surface area (Å²) in [4.78, 5) is 41.2. The van der Waals surface area contributed by atoms with E-state index in [1.165, 1.54) is 25.1 Å². The lowest BCUT2D eigenvalue weighted by molar-refractivity contribution is -0.143. The summed E-state index contributed by atoms with van der Waals surface area (Å²) in [6.07, 6.45) is 0. The third kappa shape index (κ3) is 6.35. The lowest BCUT2D eigenvalue weighted by Gasteiger charge is -2.18. The first kappa shape index (κ1) is 22.9. The SMILES string of the molecule is CC(=O)N(c1nc(COC(=O)CNC(=O)NCc2ccccc2)cs1)c1ccccc1F. The zero-order chi connectivity index (χ0) is 22.9. The number of nitrogens with one attached hydrogen (secondary N) is 2. The summed E-state index contributed by atoms with van der Waals surface area (Å²) in [7, 11) is 0. The van der Waals surface area contributed by atoms with Gasteiger partial charge in [-0.25, -0.2) is 14.2 Å². The van der Waals surface area contributed by atoms with E-state index in [4.69, 9.17) is 4.74 Å². The van der Waals surface area contributed by atoms with Gasteiger partial charge in [0.25, 0.3) is 0 Å². The number of esters is 1. The molecule has 3 aromatic rings. The second-order valence-electron chi connectivity index (χ2n) is 6.61. The average Bonchev–Trinajstić information content (AvgIpc) is 3.25. The van der Waals surface area contributed by atoms with Crippen LogP contribution in [-0.4, -0.2) is 29.4 Å². The molecule has 1 heterocycles. The highest BCUT2D eigenvalue weighted by molar-refractivity contribution is 7.14. The molecule has 0 saturated heterocycles. The van der Waals surface area contributed by atoms with Crippen molar-refractivity contribution in [3.05, 3.63) is 77.1 Å². The van der Waals surface area contributed by atoms with E-state index in [1.54, 1.807) is 11.4 Å². The third-order valence-corrected chi connectivity index (χ3v) is 5.08. The van der Waals surface area contributed by atoms with Gasteiger partial charge in [-0.3, -0.25) is 14.5 Å². The Labute approximate surface area is 188 Å². The average molecular weight is 456 g/mol. The van der Waals surface area contributed by atoms with Crippen molar-refractivity contribution in [1.82, 2.24) is 15.6 Å². The first-order valence-electron chi connectivity index (χ1n) is 9.65. The molecular formula is C22H21FN4O4S. The second kappa shape index (κ2) is 11.0. The highest BCUT2D eigenvalue weighted by atomic mass is 32.1. The number of thiazole rings is 1. The van der Waals surface area contributed by atoms with Crippen LogP contribution in [0.3, 0.4) is 0 Å². The fraction of sp³-hybridized carbons (Fsp3) is 0.182. The first-order valence-corrected chi connectivity index (χ1v) is 10.5. The van der Waals surface area contributed by atoms with Gasteiger partial charge in [0.1, 0.15) is 19.0 Å². The first-order chi connectivity index (χ1) is 15.4. The molecule has 166 valence electrons. The van der Waals surface area contributed by atoms with Gasteiger partial charge < -0.3 is 15.4 Å². The monoisotopic (exact) mass is 456 g/mol. The van der Waals surface area contributed by atoms with E-state index in [0.717, 1.165) is 21.8 Å². The number of para-hydroxylation sites is 1. The predicted octanol–water partition coefficient (Wildman–Crippen LogP) is 3.51. The lowest BCUT2D eigenvalue weighted by Crippen LogP contribution is -2.38. The van der Waals surface area contributed by atoms with E-state index in [9.17, 15) is 18.8 Å². The number of amides is 3. The van der Waals surface area contributed by atoms with Gasteiger partial charge in [-0.1, -0.05) is 42.5 Å². The Balaban J connectivity index is 1.48. The van der Waals surface area contributed by atoms with Crippen molar-refractivity contribution in [2.24, 2.45) is 0 Å². The molecule has 0 bridgehead atoms. The number of aromatic nitrogens is 1. The van der Waals surface area contributed by atoms with Crippen LogP contribution in [0.4, 0.5) is 20.0 Å². The Morgan fingerprint density at radius 1 is 1.06 bits per heavy atom. The van der Waals surface area contributed by atoms with E-state index in [2.05, 4.69) is 15.6 Å². The number of rotatable bonds is 8. The summed E-state index contributed by atoms with van der Waals surface area (Å²) >= 11 is 1.12. The van der Waals surface area contributed by atoms with Crippen molar-refractivity contribution in [3.63, 3.8) is 0 Å². The Kier molecular flexibility index (Phi) is 7.87. The molecule has 0 unspecified atom stereocenters. The zero-order valence-electron chi connectivity index (χ0n) is 17.2. The largest absolute Gasteiger partial charge is 0.458 e. The number of benzene rings is 2. The van der Waals surface area contributed by atoms with Crippen molar-refractivity contribution < 1.29 is 23.5 Å². The summed E-state index contributed by atoms with van der Waals surface area (Å²) in [5.74, 6) is -1.60. The van der Waals surface area contributed by atoms with Crippen LogP contribution in [0.15, 0.2) is 60.0 Å². The van der Waals surface area contributed by atoms with Crippen molar-refractivity contribution in [2.45, 2.75) is 20.1 Å². The van der Waals surface area contributed by atoms with Crippen LogP contribution in [-0.2, 0) is 27.5 Å². The quantitative estimate of drug-likeness (QED) is 0.505. The molecule has 10 heteroatoms. The van der Waals surface area contributed by atoms with Crippen molar-refractivity contribution >= 4 is 40.1 Å². The molecular weight excluding hydrogens is 435 g/mol. The smallest absolute Gasteiger partial charge is 0.325 e. The van der Waals surface area contributed by atoms with Gasteiger partial charge >= 0.3 is 12.0 Å². The standard InChI is InChI=1S/C22H21FN4O4S/c1-15(28)27(19-10-6-5-9-18(19)23)22-26-17(14-32-22)13-31-20(29)12-25-21(30)24-11-16-7-3-2-4-8-16/h2-10,14H,11-13H2,1H3,(H2,24,25,30). The molecule has 0 saturated carbocycles. The van der Waals surface area contributed by atoms with Crippen LogP contribution >= 0.6 is 11.3 Å². The number of hydrogen-bond acceptors (Lipinski definition) is 6. The Morgan fingerprint density at radius 2 is 1.78 bits per heavy atom. The topological polar surface area (TPSA) is 101 Å².